The molecule has 1 aromatic heterocycles. The van der Waals surface area contributed by atoms with E-state index in [2.05, 4.69) is 0 Å². The number of ether oxygens (including phenoxy) is 10. The Labute approximate surface area is 425 Å². The Morgan fingerprint density at radius 1 is 0.653 bits per heavy atom. The highest BCUT2D eigenvalue weighted by Gasteiger charge is 2.56. The normalized spacial score (nSPS) is 18.5. The maximum absolute atomic E-state index is 14.1. The molecule has 0 bridgehead atoms. The van der Waals surface area contributed by atoms with Gasteiger partial charge in [-0.15, -0.1) is 5.10 Å². The number of benzene rings is 3. The van der Waals surface area contributed by atoms with E-state index in [1.165, 1.54) is 0 Å². The summed E-state index contributed by atoms with van der Waals surface area (Å²) in [7, 11) is 3.16. The minimum Gasteiger partial charge on any atom is -0.497 e. The fourth-order valence-corrected chi connectivity index (χ4v) is 7.16. The quantitative estimate of drug-likeness (QED) is 0.0492. The molecular weight excluding hydrogens is 925 g/mol. The maximum Gasteiger partial charge on any atom is 0.311 e. The molecule has 16 nitrogen and oxygen atoms in total. The van der Waals surface area contributed by atoms with Gasteiger partial charge in [-0.1, -0.05) is 36.4 Å². The van der Waals surface area contributed by atoms with Gasteiger partial charge in [0.15, 0.2) is 12.2 Å². The van der Waals surface area contributed by atoms with Crippen molar-refractivity contribution in [1.82, 2.24) is 9.78 Å². The van der Waals surface area contributed by atoms with E-state index in [1.807, 2.05) is 85.3 Å². The number of rotatable bonds is 19. The number of nitrogens with zero attached hydrogens (tertiary/aromatic N) is 2. The predicted molar refractivity (Wildman–Crippen MR) is 270 cm³/mol. The van der Waals surface area contributed by atoms with Crippen molar-refractivity contribution in [2.45, 2.75) is 147 Å². The Hall–Kier alpha value is -6.13. The second kappa shape index (κ2) is 23.6. The molecule has 72 heavy (non-hydrogen) atoms. The molecule has 1 aliphatic heterocycles. The van der Waals surface area contributed by atoms with Crippen molar-refractivity contribution in [3.63, 3.8) is 0 Å². The van der Waals surface area contributed by atoms with Crippen molar-refractivity contribution in [1.29, 1.82) is 0 Å². The summed E-state index contributed by atoms with van der Waals surface area (Å²) in [5.41, 5.74) is -0.281. The zero-order valence-electron chi connectivity index (χ0n) is 45.0. The largest absolute Gasteiger partial charge is 0.497 e. The summed E-state index contributed by atoms with van der Waals surface area (Å²) in [5, 5.41) is 5.08. The first-order valence-electron chi connectivity index (χ1n) is 24.4. The van der Waals surface area contributed by atoms with E-state index in [4.69, 9.17) is 52.5 Å². The highest BCUT2D eigenvalue weighted by molar-refractivity contribution is 5.78. The topological polar surface area (TPSA) is 178 Å². The Bertz CT molecular complexity index is 2450. The van der Waals surface area contributed by atoms with Crippen LogP contribution in [0, 0.1) is 21.7 Å². The minimum absolute atomic E-state index is 0.0748. The highest BCUT2D eigenvalue weighted by atomic mass is 16.7. The van der Waals surface area contributed by atoms with Gasteiger partial charge in [0.05, 0.1) is 54.8 Å². The molecule has 1 aliphatic rings. The molecule has 16 heteroatoms. The van der Waals surface area contributed by atoms with Crippen LogP contribution in [0.5, 0.6) is 23.1 Å². The minimum atomic E-state index is -1.60. The molecule has 0 aliphatic carbocycles. The number of carbonyl (C=O) groups is 4. The average molecular weight is 1000 g/mol. The third-order valence-electron chi connectivity index (χ3n) is 11.4. The summed E-state index contributed by atoms with van der Waals surface area (Å²) in [4.78, 5) is 55.3. The first-order chi connectivity index (χ1) is 33.6. The van der Waals surface area contributed by atoms with Gasteiger partial charge in [-0.2, -0.15) is 0 Å². The first-order valence-corrected chi connectivity index (χ1v) is 24.4. The molecule has 0 N–H and O–H groups in total. The van der Waals surface area contributed by atoms with Crippen LogP contribution in [0.2, 0.25) is 0 Å². The van der Waals surface area contributed by atoms with Crippen LogP contribution in [-0.2, 0) is 60.6 Å². The number of esters is 4. The first kappa shape index (κ1) is 56.8. The fourth-order valence-electron chi connectivity index (χ4n) is 7.16. The third-order valence-corrected chi connectivity index (χ3v) is 11.4. The van der Waals surface area contributed by atoms with Crippen LogP contribution >= 0.6 is 0 Å². The summed E-state index contributed by atoms with van der Waals surface area (Å²) in [5.74, 6) is -0.832. The fraction of sp³-hybridized carbons (Fsp3) is 0.554. The summed E-state index contributed by atoms with van der Waals surface area (Å²) in [6.45, 7) is 24.7. The highest BCUT2D eigenvalue weighted by Crippen LogP contribution is 2.41. The van der Waals surface area contributed by atoms with Crippen molar-refractivity contribution in [3.8, 4) is 34.4 Å². The van der Waals surface area contributed by atoms with Gasteiger partial charge in [0.2, 0.25) is 18.3 Å². The second-order valence-corrected chi connectivity index (χ2v) is 22.3. The summed E-state index contributed by atoms with van der Waals surface area (Å²) >= 11 is 0. The van der Waals surface area contributed by atoms with Crippen LogP contribution in [0.1, 0.15) is 120 Å². The second-order valence-electron chi connectivity index (χ2n) is 22.3. The molecule has 0 saturated carbocycles. The monoisotopic (exact) mass is 1000 g/mol. The van der Waals surface area contributed by atoms with Gasteiger partial charge in [-0.25, -0.2) is 0 Å². The molecule has 1 saturated heterocycles. The van der Waals surface area contributed by atoms with Gasteiger partial charge in [0, 0.05) is 29.7 Å². The van der Waals surface area contributed by atoms with Crippen LogP contribution in [0.25, 0.3) is 11.3 Å². The van der Waals surface area contributed by atoms with Gasteiger partial charge in [-0.05, 0) is 138 Å². The van der Waals surface area contributed by atoms with E-state index in [1.54, 1.807) is 103 Å². The summed E-state index contributed by atoms with van der Waals surface area (Å²) in [6, 6.07) is 22.7. The molecule has 4 aromatic rings. The predicted octanol–water partition coefficient (Wildman–Crippen LogP) is 9.90. The average Bonchev–Trinajstić information content (AvgIpc) is 3.66. The summed E-state index contributed by atoms with van der Waals surface area (Å²) in [6.07, 6.45) is -7.30. The Kier molecular flexibility index (Phi) is 18.6. The molecular formula is C56H76N2O14. The van der Waals surface area contributed by atoms with E-state index in [0.29, 0.717) is 48.3 Å². The van der Waals surface area contributed by atoms with Gasteiger partial charge >= 0.3 is 23.9 Å². The molecule has 0 radical (unpaired) electrons. The molecule has 3 aromatic carbocycles. The van der Waals surface area contributed by atoms with E-state index in [9.17, 15) is 19.2 Å². The Balaban J connectivity index is 1.66. The van der Waals surface area contributed by atoms with Gasteiger partial charge in [0.1, 0.15) is 36.6 Å². The van der Waals surface area contributed by atoms with Crippen LogP contribution in [-0.4, -0.2) is 98.4 Å². The number of hydrogen-bond donors (Lipinski definition) is 0. The lowest BCUT2D eigenvalue weighted by Crippen LogP contribution is -2.65. The molecule has 394 valence electrons. The van der Waals surface area contributed by atoms with Crippen molar-refractivity contribution < 1.29 is 66.5 Å². The standard InChI is InChI=1S/C56H76N2O14/c1-34(2)58-43(36-22-25-38(63-15)26-23-36)40(30-37-24-27-39(31-41(37)64-16)66-29-28-65-32-35-20-18-17-19-21-35)47(57-58)72-48-46(71-52(62)56(12,13)14)45(70-51(61)55(9,10)11)44(69-50(60)54(6,7)8)42(68-48)33-67-49(59)53(3,4)5/h17-27,31,34,42,44-46,48H,28-30,32-33H2,1-16H3/t42-,44-,45+,46-,48+/m1/s1. The molecule has 5 rings (SSSR count). The number of carbonyl (C=O) groups excluding carboxylic acids is 4. The van der Waals surface area contributed by atoms with Crippen molar-refractivity contribution in [2.75, 3.05) is 34.0 Å². The lowest BCUT2D eigenvalue weighted by atomic mass is 9.93. The van der Waals surface area contributed by atoms with Crippen molar-refractivity contribution >= 4 is 23.9 Å². The Morgan fingerprint density at radius 2 is 1.21 bits per heavy atom. The Morgan fingerprint density at radius 3 is 1.75 bits per heavy atom. The van der Waals surface area contributed by atoms with Crippen LogP contribution < -0.4 is 18.9 Å². The van der Waals surface area contributed by atoms with E-state index in [-0.39, 0.29) is 18.3 Å². The van der Waals surface area contributed by atoms with E-state index < -0.39 is 82.8 Å². The van der Waals surface area contributed by atoms with Crippen molar-refractivity contribution in [3.05, 3.63) is 89.5 Å². The zero-order valence-corrected chi connectivity index (χ0v) is 45.0. The van der Waals surface area contributed by atoms with Crippen LogP contribution in [0.3, 0.4) is 0 Å². The molecule has 0 spiro atoms. The lowest BCUT2D eigenvalue weighted by molar-refractivity contribution is -0.294. The number of hydrogen-bond acceptors (Lipinski definition) is 15. The van der Waals surface area contributed by atoms with E-state index >= 15 is 0 Å². The number of aromatic nitrogens is 2. The lowest BCUT2D eigenvalue weighted by Gasteiger charge is -2.45. The van der Waals surface area contributed by atoms with Crippen LogP contribution in [0.4, 0.5) is 0 Å². The molecule has 1 fully saturated rings. The van der Waals surface area contributed by atoms with Crippen molar-refractivity contribution in [2.24, 2.45) is 21.7 Å². The van der Waals surface area contributed by atoms with Gasteiger partial charge < -0.3 is 47.4 Å². The smallest absolute Gasteiger partial charge is 0.311 e. The molecule has 2 heterocycles. The molecule has 0 unspecified atom stereocenters. The van der Waals surface area contributed by atoms with Gasteiger partial charge in [0.25, 0.3) is 0 Å². The van der Waals surface area contributed by atoms with Gasteiger partial charge in [-0.3, -0.25) is 23.9 Å². The zero-order chi connectivity index (χ0) is 53.3. The number of methoxy groups -OCH3 is 2. The summed E-state index contributed by atoms with van der Waals surface area (Å²) < 4.78 is 63.6. The SMILES string of the molecule is COc1ccc(-c2c(Cc3ccc(OCCOCc4ccccc4)cc3OC)c(O[C@@H]3O[C@H](COC(=O)C(C)(C)C)[C@@H](OC(=O)C(C)(C)C)[C@H](OC(=O)C(C)(C)C)[C@H]3OC(=O)C(C)(C)C)nn2C(C)C)cc1. The molecule has 5 atom stereocenters. The van der Waals surface area contributed by atoms with E-state index in [0.717, 1.165) is 16.7 Å². The third kappa shape index (κ3) is 15.0. The van der Waals surface area contributed by atoms with Crippen LogP contribution in [0.15, 0.2) is 72.8 Å². The molecule has 0 amide bonds. The maximum atomic E-state index is 14.1.